The first kappa shape index (κ1) is 19.8. The molecule has 140 valence electrons. The zero-order valence-corrected chi connectivity index (χ0v) is 16.3. The van der Waals surface area contributed by atoms with Gasteiger partial charge in [-0.2, -0.15) is 0 Å². The van der Waals surface area contributed by atoms with Crippen molar-refractivity contribution in [1.29, 1.82) is 0 Å². The number of alkyl carbamates (subject to hydrolysis) is 1. The van der Waals surface area contributed by atoms with Crippen LogP contribution in [0.4, 0.5) is 10.7 Å². The number of amides is 1. The number of hydrogen-bond donors (Lipinski definition) is 3. The summed E-state index contributed by atoms with van der Waals surface area (Å²) in [5, 5.41) is 3.92. The van der Waals surface area contributed by atoms with Gasteiger partial charge in [-0.15, -0.1) is 11.8 Å². The van der Waals surface area contributed by atoms with Gasteiger partial charge in [-0.3, -0.25) is 5.43 Å². The Morgan fingerprint density at radius 2 is 2.20 bits per heavy atom. The number of nitrogens with zero attached hydrogens (tertiary/aromatic N) is 2. The molecule has 2 rings (SSSR count). The summed E-state index contributed by atoms with van der Waals surface area (Å²) in [6, 6.07) is 2.05. The van der Waals surface area contributed by atoms with E-state index in [4.69, 9.17) is 4.74 Å². The van der Waals surface area contributed by atoms with Crippen molar-refractivity contribution >= 4 is 23.8 Å². The molecule has 0 saturated heterocycles. The van der Waals surface area contributed by atoms with Crippen molar-refractivity contribution in [2.75, 3.05) is 18.2 Å². The normalized spacial score (nSPS) is 20.8. The molecule has 0 aliphatic heterocycles. The summed E-state index contributed by atoms with van der Waals surface area (Å²) >= 11 is 1.58. The second-order valence-corrected chi connectivity index (χ2v) is 8.13. The van der Waals surface area contributed by atoms with Crippen molar-refractivity contribution in [2.45, 2.75) is 63.1 Å². The molecule has 1 saturated carbocycles. The highest BCUT2D eigenvalue weighted by atomic mass is 32.2. The molecule has 3 N–H and O–H groups in total. The number of anilines is 1. The van der Waals surface area contributed by atoms with Crippen LogP contribution in [0.25, 0.3) is 0 Å². The lowest BCUT2D eigenvalue weighted by Gasteiger charge is -2.30. The number of aromatic nitrogens is 2. The van der Waals surface area contributed by atoms with E-state index in [1.165, 1.54) is 0 Å². The number of ether oxygens (including phenoxy) is 1. The van der Waals surface area contributed by atoms with Crippen molar-refractivity contribution in [1.82, 2.24) is 20.7 Å². The predicted molar refractivity (Wildman–Crippen MR) is 101 cm³/mol. The van der Waals surface area contributed by atoms with Gasteiger partial charge in [0.15, 0.2) is 0 Å². The quantitative estimate of drug-likeness (QED) is 0.404. The summed E-state index contributed by atoms with van der Waals surface area (Å²) in [4.78, 5) is 20.5. The number of thioether (sulfide) groups is 1. The Morgan fingerprint density at radius 1 is 1.40 bits per heavy atom. The molecule has 8 heteroatoms. The summed E-state index contributed by atoms with van der Waals surface area (Å²) in [6.07, 6.45) is 7.59. The molecule has 1 aliphatic carbocycles. The molecule has 0 radical (unpaired) electrons. The van der Waals surface area contributed by atoms with Crippen LogP contribution in [0.3, 0.4) is 0 Å². The second-order valence-electron chi connectivity index (χ2n) is 7.30. The van der Waals surface area contributed by atoms with Crippen LogP contribution < -0.4 is 16.2 Å². The van der Waals surface area contributed by atoms with Crippen molar-refractivity contribution in [3.63, 3.8) is 0 Å². The van der Waals surface area contributed by atoms with Crippen molar-refractivity contribution < 1.29 is 9.53 Å². The van der Waals surface area contributed by atoms with E-state index in [0.29, 0.717) is 11.9 Å². The summed E-state index contributed by atoms with van der Waals surface area (Å²) in [5.74, 6) is 1.07. The van der Waals surface area contributed by atoms with Crippen molar-refractivity contribution in [3.8, 4) is 0 Å². The van der Waals surface area contributed by atoms with Crippen LogP contribution in [0, 0.1) is 5.92 Å². The lowest BCUT2D eigenvalue weighted by Crippen LogP contribution is -2.43. The first-order chi connectivity index (χ1) is 11.9. The molecular formula is C17H29N5O2S. The average molecular weight is 368 g/mol. The second kappa shape index (κ2) is 9.24. The molecule has 0 bridgehead atoms. The molecule has 1 unspecified atom stereocenters. The van der Waals surface area contributed by atoms with Crippen LogP contribution in [0.1, 0.15) is 46.5 Å². The van der Waals surface area contributed by atoms with Crippen LogP contribution in [0.5, 0.6) is 0 Å². The molecule has 25 heavy (non-hydrogen) atoms. The van der Waals surface area contributed by atoms with E-state index in [2.05, 4.69) is 26.1 Å². The fourth-order valence-corrected chi connectivity index (χ4v) is 3.25. The molecule has 0 spiro atoms. The molecular weight excluding hydrogens is 338 g/mol. The van der Waals surface area contributed by atoms with E-state index in [1.807, 2.05) is 33.1 Å². The summed E-state index contributed by atoms with van der Waals surface area (Å²) in [6.45, 7) is 6.43. The van der Waals surface area contributed by atoms with Gasteiger partial charge >= 0.3 is 6.09 Å². The van der Waals surface area contributed by atoms with Crippen molar-refractivity contribution in [3.05, 3.63) is 12.3 Å². The Labute approximate surface area is 154 Å². The minimum absolute atomic E-state index is 0.173. The minimum atomic E-state index is -0.463. The molecule has 1 heterocycles. The third-order valence-corrected chi connectivity index (χ3v) is 4.58. The number of hydrogen-bond acceptors (Lipinski definition) is 7. The third-order valence-electron chi connectivity index (χ3n) is 3.93. The monoisotopic (exact) mass is 367 g/mol. The maximum atomic E-state index is 11.9. The van der Waals surface area contributed by atoms with Gasteiger partial charge < -0.3 is 10.1 Å². The Kier molecular flexibility index (Phi) is 7.31. The van der Waals surface area contributed by atoms with Gasteiger partial charge in [-0.25, -0.2) is 20.2 Å². The van der Waals surface area contributed by atoms with E-state index >= 15 is 0 Å². The zero-order valence-electron chi connectivity index (χ0n) is 15.5. The Morgan fingerprint density at radius 3 is 2.92 bits per heavy atom. The largest absolute Gasteiger partial charge is 0.444 e. The molecule has 1 fully saturated rings. The van der Waals surface area contributed by atoms with Crippen LogP contribution in [-0.2, 0) is 4.74 Å². The number of nitrogens with one attached hydrogen (secondary N) is 3. The van der Waals surface area contributed by atoms with E-state index in [0.717, 1.165) is 37.3 Å². The first-order valence-electron chi connectivity index (χ1n) is 8.71. The molecule has 1 aromatic rings. The summed E-state index contributed by atoms with van der Waals surface area (Å²) in [7, 11) is 0. The van der Waals surface area contributed by atoms with Gasteiger partial charge in [0.1, 0.15) is 10.6 Å². The lowest BCUT2D eigenvalue weighted by molar-refractivity contribution is 0.0485. The highest BCUT2D eigenvalue weighted by molar-refractivity contribution is 7.98. The number of carbonyl (C=O) groups is 1. The van der Waals surface area contributed by atoms with Crippen molar-refractivity contribution in [2.24, 2.45) is 5.92 Å². The molecule has 1 amide bonds. The molecule has 0 aromatic carbocycles. The highest BCUT2D eigenvalue weighted by Gasteiger charge is 2.25. The maximum absolute atomic E-state index is 11.9. The highest BCUT2D eigenvalue weighted by Crippen LogP contribution is 2.24. The fraction of sp³-hybridized carbons (Fsp3) is 0.706. The van der Waals surface area contributed by atoms with E-state index in [1.54, 1.807) is 18.0 Å². The standard InChI is InChI=1S/C17H29N5O2S/c1-17(2,3)24-16(23)20-13-7-5-6-12(10-13)11-19-22-15-18-9-8-14(21-15)25-4/h8-9,12-13,19H,5-7,10-11H2,1-4H3,(H,20,23)(H,18,21,22)/t12?,13-/m1/s1. The zero-order chi connectivity index (χ0) is 18.3. The van der Waals surface area contributed by atoms with Crippen LogP contribution in [-0.4, -0.2) is 40.5 Å². The number of rotatable bonds is 6. The van der Waals surface area contributed by atoms with Gasteiger partial charge in [0.2, 0.25) is 5.95 Å². The fourth-order valence-electron chi connectivity index (χ4n) is 2.87. The SMILES string of the molecule is CSc1ccnc(NNCC2CCC[C@@H](NC(=O)OC(C)(C)C)C2)n1. The minimum Gasteiger partial charge on any atom is -0.444 e. The van der Waals surface area contributed by atoms with Crippen LogP contribution in [0.15, 0.2) is 17.3 Å². The van der Waals surface area contributed by atoms with Crippen LogP contribution >= 0.6 is 11.8 Å². The van der Waals surface area contributed by atoms with Gasteiger partial charge in [-0.1, -0.05) is 6.42 Å². The van der Waals surface area contributed by atoms with Gasteiger partial charge in [0, 0.05) is 18.8 Å². The van der Waals surface area contributed by atoms with Crippen LogP contribution in [0.2, 0.25) is 0 Å². The average Bonchev–Trinajstić information content (AvgIpc) is 2.53. The Balaban J connectivity index is 1.72. The van der Waals surface area contributed by atoms with Gasteiger partial charge in [0.25, 0.3) is 0 Å². The molecule has 7 nitrogen and oxygen atoms in total. The lowest BCUT2D eigenvalue weighted by atomic mass is 9.86. The Bertz CT molecular complexity index is 564. The smallest absolute Gasteiger partial charge is 0.407 e. The topological polar surface area (TPSA) is 88.2 Å². The van der Waals surface area contributed by atoms with E-state index < -0.39 is 5.60 Å². The number of hydrazine groups is 1. The molecule has 1 aromatic heterocycles. The number of carbonyl (C=O) groups excluding carboxylic acids is 1. The summed E-state index contributed by atoms with van der Waals surface area (Å²) < 4.78 is 5.34. The Hall–Kier alpha value is -1.54. The molecule has 2 atom stereocenters. The third kappa shape index (κ3) is 7.48. The first-order valence-corrected chi connectivity index (χ1v) is 9.93. The predicted octanol–water partition coefficient (Wildman–Crippen LogP) is 3.20. The van der Waals surface area contributed by atoms with Gasteiger partial charge in [0.05, 0.1) is 0 Å². The molecule has 1 aliphatic rings. The maximum Gasteiger partial charge on any atom is 0.407 e. The van der Waals surface area contributed by atoms with E-state index in [9.17, 15) is 4.79 Å². The van der Waals surface area contributed by atoms with E-state index in [-0.39, 0.29) is 12.1 Å². The summed E-state index contributed by atoms with van der Waals surface area (Å²) in [5.41, 5.74) is 5.80. The van der Waals surface area contributed by atoms with Gasteiger partial charge in [-0.05, 0) is 58.3 Å².